The van der Waals surface area contributed by atoms with E-state index in [9.17, 15) is 0 Å². The Balaban J connectivity index is 1.40. The predicted octanol–water partition coefficient (Wildman–Crippen LogP) is 3.41. The summed E-state index contributed by atoms with van der Waals surface area (Å²) in [6, 6.07) is 10.6. The standard InChI is InChI=1S/C19H28N2/c1-2-5-17(6-3-1)7-4-14-21-15-10-19(11-16-21)18-8-12-20-13-9-18/h1-7,18-20H,8-16H2/b7-4+. The molecule has 21 heavy (non-hydrogen) atoms. The molecule has 0 aromatic heterocycles. The van der Waals surface area contributed by atoms with Crippen LogP contribution in [-0.2, 0) is 0 Å². The molecule has 1 N–H and O–H groups in total. The quantitative estimate of drug-likeness (QED) is 0.911. The van der Waals surface area contributed by atoms with Crippen LogP contribution >= 0.6 is 0 Å². The maximum atomic E-state index is 3.49. The van der Waals surface area contributed by atoms with Crippen molar-refractivity contribution in [3.05, 3.63) is 42.0 Å². The van der Waals surface area contributed by atoms with E-state index in [-0.39, 0.29) is 0 Å². The highest BCUT2D eigenvalue weighted by molar-refractivity contribution is 5.48. The maximum Gasteiger partial charge on any atom is 0.0166 e. The molecule has 1 aromatic carbocycles. The first-order chi connectivity index (χ1) is 10.4. The average Bonchev–Trinajstić information content (AvgIpc) is 2.57. The zero-order chi connectivity index (χ0) is 14.3. The van der Waals surface area contributed by atoms with Gasteiger partial charge in [0.05, 0.1) is 0 Å². The molecule has 2 heteroatoms. The van der Waals surface area contributed by atoms with Crippen LogP contribution in [0.2, 0.25) is 0 Å². The van der Waals surface area contributed by atoms with Crippen LogP contribution < -0.4 is 5.32 Å². The smallest absolute Gasteiger partial charge is 0.0166 e. The lowest BCUT2D eigenvalue weighted by atomic mass is 9.79. The molecule has 2 saturated heterocycles. The molecule has 0 atom stereocenters. The lowest BCUT2D eigenvalue weighted by Gasteiger charge is -2.37. The summed E-state index contributed by atoms with van der Waals surface area (Å²) in [5, 5.41) is 3.49. The molecule has 0 amide bonds. The molecule has 2 aliphatic heterocycles. The third kappa shape index (κ3) is 4.42. The van der Waals surface area contributed by atoms with Gasteiger partial charge < -0.3 is 5.32 Å². The molecule has 2 nitrogen and oxygen atoms in total. The van der Waals surface area contributed by atoms with Gasteiger partial charge in [0.15, 0.2) is 0 Å². The molecule has 0 spiro atoms. The van der Waals surface area contributed by atoms with Crippen LogP contribution in [0, 0.1) is 11.8 Å². The molecule has 114 valence electrons. The van der Waals surface area contributed by atoms with Gasteiger partial charge in [0.1, 0.15) is 0 Å². The zero-order valence-corrected chi connectivity index (χ0v) is 13.0. The van der Waals surface area contributed by atoms with Crippen molar-refractivity contribution < 1.29 is 0 Å². The van der Waals surface area contributed by atoms with Crippen molar-refractivity contribution in [2.24, 2.45) is 11.8 Å². The minimum atomic E-state index is 0.987. The SMILES string of the molecule is C(=C\c1ccccc1)/CN1CCC(C2CCNCC2)CC1. The van der Waals surface area contributed by atoms with Crippen molar-refractivity contribution in [2.75, 3.05) is 32.7 Å². The molecule has 1 aromatic rings. The van der Waals surface area contributed by atoms with Gasteiger partial charge in [0.2, 0.25) is 0 Å². The summed E-state index contributed by atoms with van der Waals surface area (Å²) in [5.74, 6) is 1.98. The highest BCUT2D eigenvalue weighted by atomic mass is 15.1. The number of nitrogens with zero attached hydrogens (tertiary/aromatic N) is 1. The Morgan fingerprint density at radius 3 is 2.33 bits per heavy atom. The van der Waals surface area contributed by atoms with Gasteiger partial charge in [0, 0.05) is 6.54 Å². The van der Waals surface area contributed by atoms with Gasteiger partial charge in [-0.15, -0.1) is 0 Å². The first kappa shape index (κ1) is 14.8. The topological polar surface area (TPSA) is 15.3 Å². The van der Waals surface area contributed by atoms with Gasteiger partial charge in [-0.2, -0.15) is 0 Å². The number of benzene rings is 1. The van der Waals surface area contributed by atoms with E-state index in [1.54, 1.807) is 0 Å². The summed E-state index contributed by atoms with van der Waals surface area (Å²) in [4.78, 5) is 2.61. The highest BCUT2D eigenvalue weighted by Gasteiger charge is 2.26. The van der Waals surface area contributed by atoms with E-state index in [0.717, 1.165) is 18.4 Å². The van der Waals surface area contributed by atoms with E-state index >= 15 is 0 Å². The Morgan fingerprint density at radius 1 is 0.952 bits per heavy atom. The summed E-state index contributed by atoms with van der Waals surface area (Å²) < 4.78 is 0. The Hall–Kier alpha value is -1.12. The number of nitrogens with one attached hydrogen (secondary N) is 1. The molecule has 2 aliphatic rings. The van der Waals surface area contributed by atoms with Gasteiger partial charge in [0.25, 0.3) is 0 Å². The largest absolute Gasteiger partial charge is 0.317 e. The van der Waals surface area contributed by atoms with E-state index < -0.39 is 0 Å². The monoisotopic (exact) mass is 284 g/mol. The fraction of sp³-hybridized carbons (Fsp3) is 0.579. The molecular formula is C19H28N2. The van der Waals surface area contributed by atoms with Crippen molar-refractivity contribution in [1.29, 1.82) is 0 Å². The van der Waals surface area contributed by atoms with E-state index in [1.807, 2.05) is 0 Å². The molecular weight excluding hydrogens is 256 g/mol. The molecule has 0 saturated carbocycles. The van der Waals surface area contributed by atoms with Crippen LogP contribution in [0.5, 0.6) is 0 Å². The van der Waals surface area contributed by atoms with Crippen LogP contribution in [0.3, 0.4) is 0 Å². The molecule has 0 bridgehead atoms. The van der Waals surface area contributed by atoms with Crippen molar-refractivity contribution in [1.82, 2.24) is 10.2 Å². The second kappa shape index (κ2) is 7.77. The van der Waals surface area contributed by atoms with Crippen molar-refractivity contribution >= 4 is 6.08 Å². The lowest BCUT2D eigenvalue weighted by molar-refractivity contribution is 0.139. The molecule has 0 aliphatic carbocycles. The zero-order valence-electron chi connectivity index (χ0n) is 13.0. The van der Waals surface area contributed by atoms with Gasteiger partial charge in [-0.1, -0.05) is 42.5 Å². The minimum Gasteiger partial charge on any atom is -0.317 e. The van der Waals surface area contributed by atoms with Crippen molar-refractivity contribution in [2.45, 2.75) is 25.7 Å². The van der Waals surface area contributed by atoms with Gasteiger partial charge in [-0.05, 0) is 69.3 Å². The molecule has 0 radical (unpaired) electrons. The van der Waals surface area contributed by atoms with E-state index in [0.29, 0.717) is 0 Å². The van der Waals surface area contributed by atoms with Crippen LogP contribution in [-0.4, -0.2) is 37.6 Å². The first-order valence-corrected chi connectivity index (χ1v) is 8.56. The number of hydrogen-bond donors (Lipinski definition) is 1. The third-order valence-corrected chi connectivity index (χ3v) is 5.16. The number of rotatable bonds is 4. The van der Waals surface area contributed by atoms with Gasteiger partial charge >= 0.3 is 0 Å². The summed E-state index contributed by atoms with van der Waals surface area (Å²) in [5.41, 5.74) is 1.31. The average molecular weight is 284 g/mol. The minimum absolute atomic E-state index is 0.987. The fourth-order valence-corrected chi connectivity index (χ4v) is 3.82. The summed E-state index contributed by atoms with van der Waals surface area (Å²) in [7, 11) is 0. The fourth-order valence-electron chi connectivity index (χ4n) is 3.82. The van der Waals surface area contributed by atoms with Crippen molar-refractivity contribution in [3.63, 3.8) is 0 Å². The van der Waals surface area contributed by atoms with Crippen LogP contribution in [0.1, 0.15) is 31.2 Å². The van der Waals surface area contributed by atoms with Gasteiger partial charge in [-0.3, -0.25) is 4.90 Å². The van der Waals surface area contributed by atoms with E-state index in [1.165, 1.54) is 57.4 Å². The number of piperidine rings is 2. The Kier molecular flexibility index (Phi) is 5.47. The first-order valence-electron chi connectivity index (χ1n) is 8.56. The Labute approximate surface area is 129 Å². The van der Waals surface area contributed by atoms with Crippen LogP contribution in [0.15, 0.2) is 36.4 Å². The van der Waals surface area contributed by atoms with E-state index in [2.05, 4.69) is 52.7 Å². The maximum absolute atomic E-state index is 3.49. The van der Waals surface area contributed by atoms with Crippen LogP contribution in [0.25, 0.3) is 6.08 Å². The van der Waals surface area contributed by atoms with Gasteiger partial charge in [-0.25, -0.2) is 0 Å². The summed E-state index contributed by atoms with van der Waals surface area (Å²) >= 11 is 0. The second-order valence-electron chi connectivity index (χ2n) is 6.54. The second-order valence-corrected chi connectivity index (χ2v) is 6.54. The number of hydrogen-bond acceptors (Lipinski definition) is 2. The Bertz CT molecular complexity index is 426. The molecule has 2 heterocycles. The molecule has 2 fully saturated rings. The third-order valence-electron chi connectivity index (χ3n) is 5.16. The molecule has 0 unspecified atom stereocenters. The summed E-state index contributed by atoms with van der Waals surface area (Å²) in [6.45, 7) is 6.16. The Morgan fingerprint density at radius 2 is 1.62 bits per heavy atom. The van der Waals surface area contributed by atoms with Crippen LogP contribution in [0.4, 0.5) is 0 Å². The number of likely N-dealkylation sites (tertiary alicyclic amines) is 1. The predicted molar refractivity (Wildman–Crippen MR) is 90.2 cm³/mol. The van der Waals surface area contributed by atoms with Crippen molar-refractivity contribution in [3.8, 4) is 0 Å². The summed E-state index contributed by atoms with van der Waals surface area (Å²) in [6.07, 6.45) is 10.2. The normalized spacial score (nSPS) is 22.9. The van der Waals surface area contributed by atoms with E-state index in [4.69, 9.17) is 0 Å². The molecule has 3 rings (SSSR count). The lowest BCUT2D eigenvalue weighted by Crippen LogP contribution is -2.39. The highest BCUT2D eigenvalue weighted by Crippen LogP contribution is 2.30.